The van der Waals surface area contributed by atoms with Gasteiger partial charge in [0, 0.05) is 29.6 Å². The molecule has 2 N–H and O–H groups in total. The van der Waals surface area contributed by atoms with Crippen LogP contribution in [0.4, 0.5) is 11.4 Å². The van der Waals surface area contributed by atoms with Gasteiger partial charge in [0.25, 0.3) is 5.91 Å². The summed E-state index contributed by atoms with van der Waals surface area (Å²) in [5.74, 6) is -1.43. The Balaban J connectivity index is 1.35. The largest absolute Gasteiger partial charge is 0.462 e. The molecule has 0 saturated carbocycles. The third kappa shape index (κ3) is 8.23. The lowest BCUT2D eigenvalue weighted by Crippen LogP contribution is -2.21. The molecule has 3 aromatic carbocycles. The highest BCUT2D eigenvalue weighted by molar-refractivity contribution is 6.02. The lowest BCUT2D eigenvalue weighted by molar-refractivity contribution is -0.147. The Morgan fingerprint density at radius 3 is 2.25 bits per heavy atom. The molecule has 0 aromatic heterocycles. The molecule has 8 heteroatoms. The van der Waals surface area contributed by atoms with Crippen LogP contribution in [0.3, 0.4) is 0 Å². The summed E-state index contributed by atoms with van der Waals surface area (Å²) in [5.41, 5.74) is 1.58. The van der Waals surface area contributed by atoms with E-state index >= 15 is 0 Å². The molecule has 188 valence electrons. The molecule has 3 aromatic rings. The third-order valence-corrected chi connectivity index (χ3v) is 5.16. The van der Waals surface area contributed by atoms with Crippen LogP contribution < -0.4 is 10.6 Å². The first kappa shape index (κ1) is 26.4. The third-order valence-electron chi connectivity index (χ3n) is 5.16. The van der Waals surface area contributed by atoms with Gasteiger partial charge in [-0.2, -0.15) is 0 Å². The van der Waals surface area contributed by atoms with Crippen molar-refractivity contribution in [1.82, 2.24) is 0 Å². The number of carbonyl (C=O) groups is 4. The minimum Gasteiger partial charge on any atom is -0.462 e. The first-order valence-corrected chi connectivity index (χ1v) is 11.8. The fourth-order valence-corrected chi connectivity index (χ4v) is 3.37. The topological polar surface area (TPSA) is 111 Å². The van der Waals surface area contributed by atoms with Crippen molar-refractivity contribution in [3.05, 3.63) is 72.3 Å². The van der Waals surface area contributed by atoms with Gasteiger partial charge >= 0.3 is 11.9 Å². The van der Waals surface area contributed by atoms with Gasteiger partial charge in [-0.3, -0.25) is 14.4 Å². The highest BCUT2D eigenvalue weighted by Crippen LogP contribution is 2.22. The van der Waals surface area contributed by atoms with Gasteiger partial charge in [0.05, 0.1) is 12.2 Å². The minimum atomic E-state index is -0.555. The van der Waals surface area contributed by atoms with Crippen LogP contribution in [0.1, 0.15) is 43.5 Å². The normalized spacial score (nSPS) is 10.6. The Hall–Kier alpha value is -4.20. The molecule has 0 spiro atoms. The van der Waals surface area contributed by atoms with E-state index in [1.807, 2.05) is 50.2 Å². The molecule has 0 aliphatic rings. The van der Waals surface area contributed by atoms with E-state index in [1.165, 1.54) is 0 Å². The summed E-state index contributed by atoms with van der Waals surface area (Å²) in [6.45, 7) is 3.85. The van der Waals surface area contributed by atoms with E-state index in [4.69, 9.17) is 9.47 Å². The molecule has 0 unspecified atom stereocenters. The average molecular weight is 491 g/mol. The van der Waals surface area contributed by atoms with Crippen LogP contribution >= 0.6 is 0 Å². The Morgan fingerprint density at radius 2 is 1.50 bits per heavy atom. The zero-order chi connectivity index (χ0) is 25.9. The van der Waals surface area contributed by atoms with Crippen molar-refractivity contribution < 1.29 is 28.7 Å². The van der Waals surface area contributed by atoms with E-state index < -0.39 is 24.5 Å². The summed E-state index contributed by atoms with van der Waals surface area (Å²) in [7, 11) is 0. The second-order valence-electron chi connectivity index (χ2n) is 8.71. The Bertz CT molecular complexity index is 1210. The lowest BCUT2D eigenvalue weighted by Gasteiger charge is -2.09. The maximum absolute atomic E-state index is 12.2. The molecule has 0 heterocycles. The maximum atomic E-state index is 12.2. The van der Waals surface area contributed by atoms with Gasteiger partial charge in [-0.1, -0.05) is 50.2 Å². The van der Waals surface area contributed by atoms with E-state index in [0.29, 0.717) is 23.5 Å². The van der Waals surface area contributed by atoms with Crippen LogP contribution in [0.5, 0.6) is 0 Å². The fourth-order valence-electron chi connectivity index (χ4n) is 3.37. The van der Waals surface area contributed by atoms with Crippen LogP contribution in [0.15, 0.2) is 66.7 Å². The first-order valence-electron chi connectivity index (χ1n) is 11.8. The molecule has 2 amide bonds. The number of fused-ring (bicyclic) bond motifs is 1. The smallest absolute Gasteiger partial charge is 0.338 e. The molecule has 36 heavy (non-hydrogen) atoms. The second-order valence-corrected chi connectivity index (χ2v) is 8.71. The van der Waals surface area contributed by atoms with Crippen molar-refractivity contribution in [3.63, 3.8) is 0 Å². The quantitative estimate of drug-likeness (QED) is 0.368. The zero-order valence-electron chi connectivity index (χ0n) is 20.4. The predicted octanol–water partition coefficient (Wildman–Crippen LogP) is 4.94. The predicted molar refractivity (Wildman–Crippen MR) is 138 cm³/mol. The van der Waals surface area contributed by atoms with Crippen LogP contribution in [-0.2, 0) is 23.9 Å². The van der Waals surface area contributed by atoms with Crippen molar-refractivity contribution >= 4 is 45.9 Å². The highest BCUT2D eigenvalue weighted by Gasteiger charge is 2.12. The van der Waals surface area contributed by atoms with Crippen LogP contribution in [0, 0.1) is 5.92 Å². The molecule has 0 saturated heterocycles. The molecule has 0 aliphatic heterocycles. The van der Waals surface area contributed by atoms with E-state index in [2.05, 4.69) is 10.6 Å². The number of rotatable bonds is 11. The van der Waals surface area contributed by atoms with Crippen LogP contribution in [0.25, 0.3) is 10.8 Å². The van der Waals surface area contributed by atoms with Crippen LogP contribution in [0.2, 0.25) is 0 Å². The molecule has 3 rings (SSSR count). The van der Waals surface area contributed by atoms with Gasteiger partial charge in [0.15, 0.2) is 6.61 Å². The molecular formula is C28H30N2O6. The fraction of sp³-hybridized carbons (Fsp3) is 0.286. The van der Waals surface area contributed by atoms with Gasteiger partial charge in [0.1, 0.15) is 0 Å². The number of anilines is 2. The number of nitrogens with one attached hydrogen (secondary N) is 2. The number of hydrogen-bond donors (Lipinski definition) is 2. The number of hydrogen-bond acceptors (Lipinski definition) is 6. The summed E-state index contributed by atoms with van der Waals surface area (Å²) in [4.78, 5) is 48.3. The van der Waals surface area contributed by atoms with Crippen molar-refractivity contribution in [1.29, 1.82) is 0 Å². The van der Waals surface area contributed by atoms with E-state index in [0.717, 1.165) is 10.8 Å². The summed E-state index contributed by atoms with van der Waals surface area (Å²) in [6, 6.07) is 19.6. The van der Waals surface area contributed by atoms with Gasteiger partial charge < -0.3 is 20.1 Å². The zero-order valence-corrected chi connectivity index (χ0v) is 20.4. The van der Waals surface area contributed by atoms with Crippen molar-refractivity contribution in [2.45, 2.75) is 33.1 Å². The number of ether oxygens (including phenoxy) is 2. The molecule has 0 radical (unpaired) electrons. The number of carbonyl (C=O) groups excluding carboxylic acids is 4. The van der Waals surface area contributed by atoms with Gasteiger partial charge in [0.2, 0.25) is 5.91 Å². The summed E-state index contributed by atoms with van der Waals surface area (Å²) >= 11 is 0. The van der Waals surface area contributed by atoms with E-state index in [1.54, 1.807) is 30.3 Å². The van der Waals surface area contributed by atoms with Gasteiger partial charge in [-0.25, -0.2) is 4.79 Å². The first-order chi connectivity index (χ1) is 17.3. The highest BCUT2D eigenvalue weighted by atomic mass is 16.5. The number of esters is 2. The Labute approximate surface area is 210 Å². The van der Waals surface area contributed by atoms with Crippen molar-refractivity contribution in [3.8, 4) is 0 Å². The Kier molecular flexibility index (Phi) is 9.56. The standard InChI is InChI=1S/C28H30N2O6/c1-19(2)17-36-28(34)21-13-15-22(16-14-21)29-25(31)11-6-12-27(33)35-18-26(32)30-24-10-5-8-20-7-3-4-9-23(20)24/h3-5,7-10,13-16,19H,6,11-12,17-18H2,1-2H3,(H,29,31)(H,30,32). The van der Waals surface area contributed by atoms with E-state index in [9.17, 15) is 19.2 Å². The maximum Gasteiger partial charge on any atom is 0.338 e. The van der Waals surface area contributed by atoms with E-state index in [-0.39, 0.29) is 31.1 Å². The molecule has 0 atom stereocenters. The molecule has 0 fully saturated rings. The van der Waals surface area contributed by atoms with Gasteiger partial charge in [-0.15, -0.1) is 0 Å². The summed E-state index contributed by atoms with van der Waals surface area (Å²) < 4.78 is 10.2. The monoisotopic (exact) mass is 490 g/mol. The average Bonchev–Trinajstić information content (AvgIpc) is 2.86. The molecule has 0 bridgehead atoms. The minimum absolute atomic E-state index is 0.00952. The Morgan fingerprint density at radius 1 is 0.778 bits per heavy atom. The second kappa shape index (κ2) is 13.0. The molecular weight excluding hydrogens is 460 g/mol. The van der Waals surface area contributed by atoms with Crippen molar-refractivity contribution in [2.75, 3.05) is 23.8 Å². The van der Waals surface area contributed by atoms with Crippen molar-refractivity contribution in [2.24, 2.45) is 5.92 Å². The lowest BCUT2D eigenvalue weighted by atomic mass is 10.1. The number of amides is 2. The van der Waals surface area contributed by atoms with Gasteiger partial charge in [-0.05, 0) is 48.1 Å². The summed E-state index contributed by atoms with van der Waals surface area (Å²) in [6.07, 6.45) is 0.389. The SMILES string of the molecule is CC(C)COC(=O)c1ccc(NC(=O)CCCC(=O)OCC(=O)Nc2cccc3ccccc23)cc1. The number of benzene rings is 3. The van der Waals surface area contributed by atoms with Crippen LogP contribution in [-0.4, -0.2) is 37.0 Å². The molecule has 8 nitrogen and oxygen atoms in total. The summed E-state index contributed by atoms with van der Waals surface area (Å²) in [5, 5.41) is 7.36. The molecule has 0 aliphatic carbocycles.